The summed E-state index contributed by atoms with van der Waals surface area (Å²) in [5, 5.41) is 1.61. The fourth-order valence-corrected chi connectivity index (χ4v) is 1.81. The number of methoxy groups -OCH3 is 1. The standard InChI is InChI=1S/C10H10N4OS/c1-15-10-7(11)2-3-9(14-10)16-8-4-5-12-6-13-8/h2-6H,11H2,1H3. The third-order valence-corrected chi connectivity index (χ3v) is 2.71. The zero-order chi connectivity index (χ0) is 11.4. The molecule has 82 valence electrons. The highest BCUT2D eigenvalue weighted by Crippen LogP contribution is 2.27. The van der Waals surface area contributed by atoms with Crippen molar-refractivity contribution in [3.8, 4) is 5.88 Å². The highest BCUT2D eigenvalue weighted by Gasteiger charge is 2.04. The van der Waals surface area contributed by atoms with Crippen LogP contribution in [-0.2, 0) is 0 Å². The summed E-state index contributed by atoms with van der Waals surface area (Å²) in [6.45, 7) is 0. The zero-order valence-corrected chi connectivity index (χ0v) is 9.44. The van der Waals surface area contributed by atoms with Crippen LogP contribution in [0, 0.1) is 0 Å². The Hall–Kier alpha value is -1.82. The molecule has 0 aliphatic rings. The summed E-state index contributed by atoms with van der Waals surface area (Å²) in [6.07, 6.45) is 3.18. The summed E-state index contributed by atoms with van der Waals surface area (Å²) >= 11 is 1.43. The van der Waals surface area contributed by atoms with Crippen LogP contribution in [0.25, 0.3) is 0 Å². The van der Waals surface area contributed by atoms with Crippen LogP contribution >= 0.6 is 11.8 Å². The maximum Gasteiger partial charge on any atom is 0.237 e. The van der Waals surface area contributed by atoms with Crippen LogP contribution in [0.15, 0.2) is 40.8 Å². The molecule has 5 nitrogen and oxygen atoms in total. The van der Waals surface area contributed by atoms with Crippen molar-refractivity contribution in [3.63, 3.8) is 0 Å². The molecule has 2 aromatic heterocycles. The first-order valence-corrected chi connectivity index (χ1v) is 5.35. The molecule has 0 saturated heterocycles. The summed E-state index contributed by atoms with van der Waals surface area (Å²) in [7, 11) is 1.54. The molecule has 2 aromatic rings. The molecular formula is C10H10N4OS. The summed E-state index contributed by atoms with van der Waals surface area (Å²) in [5.41, 5.74) is 6.19. The van der Waals surface area contributed by atoms with Gasteiger partial charge in [-0.1, -0.05) is 0 Å². The monoisotopic (exact) mass is 234 g/mol. The van der Waals surface area contributed by atoms with Crippen molar-refractivity contribution in [2.75, 3.05) is 12.8 Å². The van der Waals surface area contributed by atoms with Crippen molar-refractivity contribution in [2.45, 2.75) is 10.1 Å². The van der Waals surface area contributed by atoms with Gasteiger partial charge in [-0.15, -0.1) is 0 Å². The van der Waals surface area contributed by atoms with Gasteiger partial charge in [-0.25, -0.2) is 15.0 Å². The van der Waals surface area contributed by atoms with E-state index in [9.17, 15) is 0 Å². The van der Waals surface area contributed by atoms with Gasteiger partial charge in [0, 0.05) is 6.20 Å². The van der Waals surface area contributed by atoms with E-state index in [-0.39, 0.29) is 0 Å². The van der Waals surface area contributed by atoms with Gasteiger partial charge in [-0.05, 0) is 30.0 Å². The van der Waals surface area contributed by atoms with Crippen LogP contribution in [-0.4, -0.2) is 22.1 Å². The molecule has 0 spiro atoms. The first-order valence-electron chi connectivity index (χ1n) is 4.54. The highest BCUT2D eigenvalue weighted by atomic mass is 32.2. The Balaban J connectivity index is 2.22. The van der Waals surface area contributed by atoms with Gasteiger partial charge in [-0.3, -0.25) is 0 Å². The lowest BCUT2D eigenvalue weighted by Crippen LogP contribution is -1.95. The molecular weight excluding hydrogens is 224 g/mol. The summed E-state index contributed by atoms with van der Waals surface area (Å²) < 4.78 is 5.04. The van der Waals surface area contributed by atoms with E-state index in [2.05, 4.69) is 15.0 Å². The summed E-state index contributed by atoms with van der Waals surface area (Å²) in [5.74, 6) is 0.430. The van der Waals surface area contributed by atoms with E-state index in [1.165, 1.54) is 25.2 Å². The average Bonchev–Trinajstić information content (AvgIpc) is 2.33. The van der Waals surface area contributed by atoms with Crippen LogP contribution in [0.4, 0.5) is 5.69 Å². The predicted octanol–water partition coefficient (Wildman–Crippen LogP) is 1.61. The minimum Gasteiger partial charge on any atom is -0.480 e. The summed E-state index contributed by atoms with van der Waals surface area (Å²) in [4.78, 5) is 12.2. The smallest absolute Gasteiger partial charge is 0.237 e. The number of aromatic nitrogens is 3. The maximum atomic E-state index is 5.67. The third-order valence-electron chi connectivity index (χ3n) is 1.82. The van der Waals surface area contributed by atoms with Gasteiger partial charge < -0.3 is 10.5 Å². The Labute approximate surface area is 97.1 Å². The number of nitrogens with two attached hydrogens (primary N) is 1. The number of hydrogen-bond acceptors (Lipinski definition) is 6. The van der Waals surface area contributed by atoms with Crippen LogP contribution in [0.1, 0.15) is 0 Å². The second kappa shape index (κ2) is 4.80. The molecule has 0 fully saturated rings. The number of nitrogen functional groups attached to an aromatic ring is 1. The minimum absolute atomic E-state index is 0.430. The van der Waals surface area contributed by atoms with Gasteiger partial charge in [0.05, 0.1) is 12.8 Å². The number of ether oxygens (including phenoxy) is 1. The lowest BCUT2D eigenvalue weighted by molar-refractivity contribution is 0.397. The average molecular weight is 234 g/mol. The lowest BCUT2D eigenvalue weighted by Gasteiger charge is -2.05. The molecule has 0 saturated carbocycles. The Bertz CT molecular complexity index is 478. The van der Waals surface area contributed by atoms with Crippen molar-refractivity contribution in [1.29, 1.82) is 0 Å². The van der Waals surface area contributed by atoms with E-state index in [0.29, 0.717) is 11.6 Å². The molecule has 0 radical (unpaired) electrons. The van der Waals surface area contributed by atoms with Gasteiger partial charge in [0.1, 0.15) is 16.4 Å². The normalized spacial score (nSPS) is 10.1. The molecule has 16 heavy (non-hydrogen) atoms. The Morgan fingerprint density at radius 2 is 2.12 bits per heavy atom. The molecule has 0 aliphatic carbocycles. The minimum atomic E-state index is 0.430. The van der Waals surface area contributed by atoms with Gasteiger partial charge in [-0.2, -0.15) is 0 Å². The van der Waals surface area contributed by atoms with E-state index in [1.807, 2.05) is 12.1 Å². The summed E-state index contributed by atoms with van der Waals surface area (Å²) in [6, 6.07) is 5.40. The molecule has 0 aromatic carbocycles. The molecule has 2 N–H and O–H groups in total. The molecule has 6 heteroatoms. The van der Waals surface area contributed by atoms with Gasteiger partial charge in [0.2, 0.25) is 5.88 Å². The van der Waals surface area contributed by atoms with E-state index in [1.54, 1.807) is 12.3 Å². The number of nitrogens with zero attached hydrogens (tertiary/aromatic N) is 3. The molecule has 0 aliphatic heterocycles. The van der Waals surface area contributed by atoms with Crippen LogP contribution in [0.2, 0.25) is 0 Å². The molecule has 2 heterocycles. The molecule has 0 bridgehead atoms. The van der Waals surface area contributed by atoms with Gasteiger partial charge in [0.15, 0.2) is 0 Å². The molecule has 0 atom stereocenters. The maximum absolute atomic E-state index is 5.67. The van der Waals surface area contributed by atoms with Crippen molar-refractivity contribution < 1.29 is 4.74 Å². The van der Waals surface area contributed by atoms with Crippen LogP contribution < -0.4 is 10.5 Å². The molecule has 0 unspecified atom stereocenters. The van der Waals surface area contributed by atoms with Gasteiger partial charge >= 0.3 is 0 Å². The number of pyridine rings is 1. The topological polar surface area (TPSA) is 73.9 Å². The number of rotatable bonds is 3. The van der Waals surface area contributed by atoms with E-state index in [0.717, 1.165) is 10.1 Å². The highest BCUT2D eigenvalue weighted by molar-refractivity contribution is 7.99. The first-order chi connectivity index (χ1) is 7.79. The first kappa shape index (κ1) is 10.7. The Morgan fingerprint density at radius 3 is 2.81 bits per heavy atom. The number of hydrogen-bond donors (Lipinski definition) is 1. The zero-order valence-electron chi connectivity index (χ0n) is 8.62. The quantitative estimate of drug-likeness (QED) is 0.813. The van der Waals surface area contributed by atoms with Crippen LogP contribution in [0.3, 0.4) is 0 Å². The third kappa shape index (κ3) is 2.40. The van der Waals surface area contributed by atoms with Crippen molar-refractivity contribution in [1.82, 2.24) is 15.0 Å². The Kier molecular flexibility index (Phi) is 3.21. The van der Waals surface area contributed by atoms with Crippen molar-refractivity contribution in [3.05, 3.63) is 30.7 Å². The lowest BCUT2D eigenvalue weighted by atomic mass is 10.4. The fraction of sp³-hybridized carbons (Fsp3) is 0.100. The molecule has 0 amide bonds. The predicted molar refractivity (Wildman–Crippen MR) is 61.4 cm³/mol. The number of anilines is 1. The SMILES string of the molecule is COc1nc(Sc2ccncn2)ccc1N. The van der Waals surface area contributed by atoms with Crippen molar-refractivity contribution >= 4 is 17.4 Å². The second-order valence-electron chi connectivity index (χ2n) is 2.90. The fourth-order valence-electron chi connectivity index (χ4n) is 1.10. The van der Waals surface area contributed by atoms with E-state index >= 15 is 0 Å². The van der Waals surface area contributed by atoms with Crippen LogP contribution in [0.5, 0.6) is 5.88 Å². The van der Waals surface area contributed by atoms with Crippen molar-refractivity contribution in [2.24, 2.45) is 0 Å². The Morgan fingerprint density at radius 1 is 1.25 bits per heavy atom. The van der Waals surface area contributed by atoms with Gasteiger partial charge in [0.25, 0.3) is 0 Å². The largest absolute Gasteiger partial charge is 0.480 e. The molecule has 2 rings (SSSR count). The van der Waals surface area contributed by atoms with E-state index < -0.39 is 0 Å². The second-order valence-corrected chi connectivity index (χ2v) is 3.94. The van der Waals surface area contributed by atoms with E-state index in [4.69, 9.17) is 10.5 Å².